The van der Waals surface area contributed by atoms with Crippen molar-refractivity contribution in [2.75, 3.05) is 64.2 Å². The van der Waals surface area contributed by atoms with E-state index in [1.165, 1.54) is 4.90 Å². The molecule has 0 bridgehead atoms. The maximum absolute atomic E-state index is 12.8. The van der Waals surface area contributed by atoms with Crippen LogP contribution in [0.4, 0.5) is 28.6 Å². The number of nitrogens with zero attached hydrogens (tertiary/aromatic N) is 5. The van der Waals surface area contributed by atoms with Crippen LogP contribution in [0.15, 0.2) is 10.6 Å². The standard InChI is InChI=1S/C20H31F3N6O3/c1-19(2,3)15-13-16(25-32-15)24-17(30)27-5-4-6-28(12-11-27)18(31)29-9-7-26(8-10-29)14-20(21,22)23/h13H,4-12,14H2,1-3H3,(H,24,25,30). The van der Waals surface area contributed by atoms with Gasteiger partial charge in [0, 0.05) is 63.8 Å². The highest BCUT2D eigenvalue weighted by molar-refractivity contribution is 5.88. The summed E-state index contributed by atoms with van der Waals surface area (Å²) in [4.78, 5) is 31.7. The number of hydrogen-bond donors (Lipinski definition) is 1. The average molecular weight is 461 g/mol. The average Bonchev–Trinajstić information content (AvgIpc) is 3.03. The molecule has 1 aromatic heterocycles. The summed E-state index contributed by atoms with van der Waals surface area (Å²) in [6, 6.07) is 1.20. The van der Waals surface area contributed by atoms with Crippen LogP contribution in [-0.2, 0) is 5.41 Å². The molecule has 0 radical (unpaired) electrons. The Bertz CT molecular complexity index is 799. The summed E-state index contributed by atoms with van der Waals surface area (Å²) in [6.07, 6.45) is -3.62. The fourth-order valence-corrected chi connectivity index (χ4v) is 3.74. The summed E-state index contributed by atoms with van der Waals surface area (Å²) < 4.78 is 42.9. The Morgan fingerprint density at radius 2 is 1.53 bits per heavy atom. The molecule has 1 aromatic rings. The number of hydrogen-bond acceptors (Lipinski definition) is 5. The van der Waals surface area contributed by atoms with E-state index in [1.807, 2.05) is 20.8 Å². The van der Waals surface area contributed by atoms with Crippen molar-refractivity contribution in [2.24, 2.45) is 0 Å². The Morgan fingerprint density at radius 3 is 2.12 bits per heavy atom. The molecule has 0 spiro atoms. The van der Waals surface area contributed by atoms with Crippen LogP contribution in [-0.4, -0.2) is 102 Å². The largest absolute Gasteiger partial charge is 0.401 e. The number of urea groups is 2. The van der Waals surface area contributed by atoms with E-state index in [0.717, 1.165) is 0 Å². The van der Waals surface area contributed by atoms with E-state index in [-0.39, 0.29) is 43.7 Å². The van der Waals surface area contributed by atoms with Gasteiger partial charge in [0.25, 0.3) is 0 Å². The van der Waals surface area contributed by atoms with Gasteiger partial charge in [-0.1, -0.05) is 25.9 Å². The van der Waals surface area contributed by atoms with Crippen LogP contribution in [0, 0.1) is 0 Å². The van der Waals surface area contributed by atoms with Gasteiger partial charge in [-0.15, -0.1) is 0 Å². The highest BCUT2D eigenvalue weighted by atomic mass is 19.4. The zero-order chi connectivity index (χ0) is 23.5. The molecule has 0 unspecified atom stereocenters. The van der Waals surface area contributed by atoms with Crippen LogP contribution < -0.4 is 5.32 Å². The predicted molar refractivity (Wildman–Crippen MR) is 111 cm³/mol. The predicted octanol–water partition coefficient (Wildman–Crippen LogP) is 2.81. The van der Waals surface area contributed by atoms with Gasteiger partial charge in [-0.2, -0.15) is 13.2 Å². The third-order valence-electron chi connectivity index (χ3n) is 5.58. The zero-order valence-corrected chi connectivity index (χ0v) is 18.7. The topological polar surface area (TPSA) is 85.2 Å². The fraction of sp³-hybridized carbons (Fsp3) is 0.750. The van der Waals surface area contributed by atoms with Gasteiger partial charge in [-0.25, -0.2) is 9.59 Å². The minimum Gasteiger partial charge on any atom is -0.359 e. The molecule has 180 valence electrons. The molecule has 9 nitrogen and oxygen atoms in total. The summed E-state index contributed by atoms with van der Waals surface area (Å²) >= 11 is 0. The molecule has 12 heteroatoms. The lowest BCUT2D eigenvalue weighted by Crippen LogP contribution is -2.54. The van der Waals surface area contributed by atoms with E-state index >= 15 is 0 Å². The molecule has 2 aliphatic heterocycles. The number of alkyl halides is 3. The number of halogens is 3. The van der Waals surface area contributed by atoms with E-state index in [2.05, 4.69) is 10.5 Å². The third-order valence-corrected chi connectivity index (χ3v) is 5.58. The number of amides is 4. The zero-order valence-electron chi connectivity index (χ0n) is 18.7. The minimum atomic E-state index is -4.23. The van der Waals surface area contributed by atoms with Crippen molar-refractivity contribution in [1.82, 2.24) is 24.8 Å². The summed E-state index contributed by atoms with van der Waals surface area (Å²) in [7, 11) is 0. The van der Waals surface area contributed by atoms with E-state index in [0.29, 0.717) is 44.2 Å². The fourth-order valence-electron chi connectivity index (χ4n) is 3.74. The summed E-state index contributed by atoms with van der Waals surface area (Å²) in [5, 5.41) is 6.63. The molecule has 1 N–H and O–H groups in total. The number of nitrogens with one attached hydrogen (secondary N) is 1. The Hall–Kier alpha value is -2.50. The van der Waals surface area contributed by atoms with Crippen molar-refractivity contribution >= 4 is 17.9 Å². The first kappa shape index (κ1) is 24.1. The Morgan fingerprint density at radius 1 is 0.969 bits per heavy atom. The maximum atomic E-state index is 12.8. The van der Waals surface area contributed by atoms with Gasteiger partial charge in [0.1, 0.15) is 5.76 Å². The van der Waals surface area contributed by atoms with Crippen molar-refractivity contribution in [3.63, 3.8) is 0 Å². The molecular formula is C20H31F3N6O3. The van der Waals surface area contributed by atoms with Gasteiger partial charge >= 0.3 is 18.2 Å². The number of carbonyl (C=O) groups excluding carboxylic acids is 2. The normalized spacial score (nSPS) is 19.1. The minimum absolute atomic E-state index is 0.190. The first-order chi connectivity index (χ1) is 14.9. The van der Waals surface area contributed by atoms with E-state index < -0.39 is 12.7 Å². The van der Waals surface area contributed by atoms with Crippen LogP contribution in [0.3, 0.4) is 0 Å². The van der Waals surface area contributed by atoms with Crippen LogP contribution in [0.1, 0.15) is 33.0 Å². The molecule has 3 heterocycles. The highest BCUT2D eigenvalue weighted by Gasteiger charge is 2.34. The van der Waals surface area contributed by atoms with Gasteiger partial charge in [0.2, 0.25) is 0 Å². The van der Waals surface area contributed by atoms with Crippen molar-refractivity contribution < 1.29 is 27.3 Å². The Balaban J connectivity index is 1.48. The molecule has 0 aliphatic carbocycles. The molecule has 0 atom stereocenters. The Kier molecular flexibility index (Phi) is 7.21. The van der Waals surface area contributed by atoms with Crippen molar-refractivity contribution in [1.29, 1.82) is 0 Å². The second-order valence-corrected chi connectivity index (χ2v) is 9.25. The molecule has 4 amide bonds. The van der Waals surface area contributed by atoms with Crippen LogP contribution in [0.5, 0.6) is 0 Å². The lowest BCUT2D eigenvalue weighted by molar-refractivity contribution is -0.148. The highest BCUT2D eigenvalue weighted by Crippen LogP contribution is 2.24. The quantitative estimate of drug-likeness (QED) is 0.734. The van der Waals surface area contributed by atoms with Crippen LogP contribution >= 0.6 is 0 Å². The molecule has 0 saturated carbocycles. The molecule has 3 rings (SSSR count). The van der Waals surface area contributed by atoms with Gasteiger partial charge in [-0.05, 0) is 6.42 Å². The van der Waals surface area contributed by atoms with Gasteiger partial charge in [-0.3, -0.25) is 10.2 Å². The third kappa shape index (κ3) is 6.50. The van der Waals surface area contributed by atoms with Gasteiger partial charge < -0.3 is 19.2 Å². The number of rotatable bonds is 2. The molecule has 2 saturated heterocycles. The summed E-state index contributed by atoms with van der Waals surface area (Å²) in [5.74, 6) is 1.00. The van der Waals surface area contributed by atoms with Crippen LogP contribution in [0.25, 0.3) is 0 Å². The molecule has 0 aromatic carbocycles. The first-order valence-electron chi connectivity index (χ1n) is 10.8. The van der Waals surface area contributed by atoms with E-state index in [4.69, 9.17) is 4.52 Å². The summed E-state index contributed by atoms with van der Waals surface area (Å²) in [5.41, 5.74) is -0.225. The number of anilines is 1. The van der Waals surface area contributed by atoms with Gasteiger partial charge in [0.15, 0.2) is 5.82 Å². The lowest BCUT2D eigenvalue weighted by atomic mass is 9.93. The SMILES string of the molecule is CC(C)(C)c1cc(NC(=O)N2CCCN(C(=O)N3CCN(CC(F)(F)F)CC3)CC2)no1. The molecular weight excluding hydrogens is 429 g/mol. The molecule has 32 heavy (non-hydrogen) atoms. The second kappa shape index (κ2) is 9.55. The maximum Gasteiger partial charge on any atom is 0.401 e. The molecule has 2 fully saturated rings. The number of carbonyl (C=O) groups is 2. The molecule has 2 aliphatic rings. The number of piperazine rings is 1. The van der Waals surface area contributed by atoms with Gasteiger partial charge in [0.05, 0.1) is 6.54 Å². The Labute approximate surface area is 185 Å². The van der Waals surface area contributed by atoms with E-state index in [9.17, 15) is 22.8 Å². The monoisotopic (exact) mass is 460 g/mol. The first-order valence-corrected chi connectivity index (χ1v) is 10.8. The lowest BCUT2D eigenvalue weighted by Gasteiger charge is -2.37. The van der Waals surface area contributed by atoms with Crippen molar-refractivity contribution in [3.05, 3.63) is 11.8 Å². The van der Waals surface area contributed by atoms with Crippen molar-refractivity contribution in [3.8, 4) is 0 Å². The smallest absolute Gasteiger partial charge is 0.359 e. The van der Waals surface area contributed by atoms with E-state index in [1.54, 1.807) is 20.8 Å². The van der Waals surface area contributed by atoms with Crippen molar-refractivity contribution in [2.45, 2.75) is 38.8 Å². The van der Waals surface area contributed by atoms with Crippen LogP contribution in [0.2, 0.25) is 0 Å². The number of aromatic nitrogens is 1. The summed E-state index contributed by atoms with van der Waals surface area (Å²) in [6.45, 7) is 7.60. The second-order valence-electron chi connectivity index (χ2n) is 9.25.